The summed E-state index contributed by atoms with van der Waals surface area (Å²) < 4.78 is 2.25. The molecule has 0 fully saturated rings. The van der Waals surface area contributed by atoms with Gasteiger partial charge in [0.1, 0.15) is 5.82 Å². The van der Waals surface area contributed by atoms with E-state index in [0.29, 0.717) is 0 Å². The average Bonchev–Trinajstić information content (AvgIpc) is 2.65. The van der Waals surface area contributed by atoms with Crippen LogP contribution in [-0.4, -0.2) is 9.55 Å². The normalized spacial score (nSPS) is 10.8. The smallest absolute Gasteiger partial charge is 0.108 e. The lowest BCUT2D eigenvalue weighted by Crippen LogP contribution is -2.04. The van der Waals surface area contributed by atoms with Crippen molar-refractivity contribution in [1.82, 2.24) is 9.55 Å². The zero-order valence-corrected chi connectivity index (χ0v) is 10.9. The van der Waals surface area contributed by atoms with Crippen molar-refractivity contribution in [2.75, 3.05) is 0 Å². The van der Waals surface area contributed by atoms with Crippen molar-refractivity contribution in [1.29, 1.82) is 0 Å². The van der Waals surface area contributed by atoms with Crippen molar-refractivity contribution in [3.8, 4) is 0 Å². The minimum Gasteiger partial charge on any atom is -0.331 e. The maximum absolute atomic E-state index is 4.41. The summed E-state index contributed by atoms with van der Waals surface area (Å²) in [6.45, 7) is 7.42. The first-order valence-electron chi connectivity index (χ1n) is 6.26. The van der Waals surface area contributed by atoms with E-state index in [2.05, 4.69) is 54.7 Å². The maximum atomic E-state index is 4.41. The summed E-state index contributed by atoms with van der Waals surface area (Å²) >= 11 is 0. The maximum Gasteiger partial charge on any atom is 0.108 e. The summed E-state index contributed by atoms with van der Waals surface area (Å²) in [5.41, 5.74) is 4.02. The Balaban J connectivity index is 2.22. The highest BCUT2D eigenvalue weighted by Gasteiger charge is 2.03. The minimum absolute atomic E-state index is 0.928. The van der Waals surface area contributed by atoms with E-state index in [1.807, 2.05) is 6.20 Å². The molecule has 0 amide bonds. The predicted octanol–water partition coefficient (Wildman–Crippen LogP) is 3.50. The Morgan fingerprint density at radius 2 is 1.82 bits per heavy atom. The van der Waals surface area contributed by atoms with Crippen molar-refractivity contribution >= 4 is 0 Å². The van der Waals surface area contributed by atoms with Gasteiger partial charge in [0, 0.05) is 25.4 Å². The van der Waals surface area contributed by atoms with Crippen molar-refractivity contribution in [2.24, 2.45) is 0 Å². The molecule has 2 rings (SSSR count). The molecule has 2 aromatic rings. The van der Waals surface area contributed by atoms with E-state index in [1.165, 1.54) is 22.5 Å². The predicted molar refractivity (Wildman–Crippen MR) is 71.2 cm³/mol. The first kappa shape index (κ1) is 11.9. The third-order valence-corrected chi connectivity index (χ3v) is 2.91. The molecule has 1 aromatic heterocycles. The van der Waals surface area contributed by atoms with Gasteiger partial charge in [-0.25, -0.2) is 4.98 Å². The van der Waals surface area contributed by atoms with E-state index in [0.717, 1.165) is 19.4 Å². The Bertz CT molecular complexity index is 477. The lowest BCUT2D eigenvalue weighted by molar-refractivity contribution is 0.704. The van der Waals surface area contributed by atoms with Crippen LogP contribution in [0.25, 0.3) is 0 Å². The molecule has 0 aliphatic rings. The summed E-state index contributed by atoms with van der Waals surface area (Å²) in [4.78, 5) is 4.41. The highest BCUT2D eigenvalue weighted by Crippen LogP contribution is 2.12. The fourth-order valence-corrected chi connectivity index (χ4v) is 2.29. The molecule has 0 N–H and O–H groups in total. The Morgan fingerprint density at radius 1 is 1.12 bits per heavy atom. The molecule has 0 unspecified atom stereocenters. The topological polar surface area (TPSA) is 17.8 Å². The van der Waals surface area contributed by atoms with Crippen molar-refractivity contribution in [3.63, 3.8) is 0 Å². The fourth-order valence-electron chi connectivity index (χ4n) is 2.29. The molecule has 0 saturated heterocycles. The molecule has 0 saturated carbocycles. The highest BCUT2D eigenvalue weighted by molar-refractivity contribution is 5.28. The highest BCUT2D eigenvalue weighted by atomic mass is 15.1. The number of benzene rings is 1. The lowest BCUT2D eigenvalue weighted by atomic mass is 10.1. The number of rotatable bonds is 4. The van der Waals surface area contributed by atoms with Gasteiger partial charge in [0.2, 0.25) is 0 Å². The molecule has 2 heteroatoms. The Morgan fingerprint density at radius 3 is 2.47 bits per heavy atom. The van der Waals surface area contributed by atoms with E-state index < -0.39 is 0 Å². The molecular weight excluding hydrogens is 208 g/mol. The van der Waals surface area contributed by atoms with Crippen LogP contribution < -0.4 is 0 Å². The second-order valence-corrected chi connectivity index (χ2v) is 4.72. The van der Waals surface area contributed by atoms with Gasteiger partial charge < -0.3 is 4.57 Å². The Kier molecular flexibility index (Phi) is 3.62. The molecule has 0 bridgehead atoms. The van der Waals surface area contributed by atoms with E-state index in [1.54, 1.807) is 0 Å². The Hall–Kier alpha value is -1.57. The fraction of sp³-hybridized carbons (Fsp3) is 0.400. The summed E-state index contributed by atoms with van der Waals surface area (Å²) in [6, 6.07) is 6.72. The van der Waals surface area contributed by atoms with E-state index in [4.69, 9.17) is 0 Å². The quantitative estimate of drug-likeness (QED) is 0.783. The zero-order chi connectivity index (χ0) is 12.3. The third kappa shape index (κ3) is 2.96. The average molecular weight is 228 g/mol. The Labute approximate surface area is 103 Å². The number of aromatic nitrogens is 2. The number of aryl methyl sites for hydroxylation is 3. The van der Waals surface area contributed by atoms with Crippen LogP contribution in [0.15, 0.2) is 30.6 Å². The van der Waals surface area contributed by atoms with Crippen LogP contribution in [-0.2, 0) is 13.0 Å². The zero-order valence-electron chi connectivity index (χ0n) is 10.9. The van der Waals surface area contributed by atoms with Gasteiger partial charge in [-0.05, 0) is 25.8 Å². The number of hydrogen-bond donors (Lipinski definition) is 0. The number of imidazole rings is 1. The van der Waals surface area contributed by atoms with Gasteiger partial charge in [0.25, 0.3) is 0 Å². The molecule has 17 heavy (non-hydrogen) atoms. The monoisotopic (exact) mass is 228 g/mol. The standard InChI is InChI=1S/C15H20N2/c1-4-5-15-16-6-7-17(15)11-14-9-12(2)8-13(3)10-14/h6-10H,4-5,11H2,1-3H3. The van der Waals surface area contributed by atoms with Gasteiger partial charge in [-0.1, -0.05) is 36.2 Å². The van der Waals surface area contributed by atoms with Gasteiger partial charge >= 0.3 is 0 Å². The second kappa shape index (κ2) is 5.17. The first-order chi connectivity index (χ1) is 8.19. The van der Waals surface area contributed by atoms with Gasteiger partial charge in [0.15, 0.2) is 0 Å². The van der Waals surface area contributed by atoms with Crippen molar-refractivity contribution < 1.29 is 0 Å². The molecule has 0 aliphatic carbocycles. The first-order valence-corrected chi connectivity index (χ1v) is 6.26. The summed E-state index contributed by atoms with van der Waals surface area (Å²) in [5.74, 6) is 1.19. The van der Waals surface area contributed by atoms with Crippen LogP contribution >= 0.6 is 0 Å². The van der Waals surface area contributed by atoms with Gasteiger partial charge in [-0.3, -0.25) is 0 Å². The van der Waals surface area contributed by atoms with Crippen LogP contribution in [0.4, 0.5) is 0 Å². The molecule has 90 valence electrons. The van der Waals surface area contributed by atoms with Crippen LogP contribution in [0.1, 0.15) is 35.9 Å². The molecule has 0 aliphatic heterocycles. The second-order valence-electron chi connectivity index (χ2n) is 4.72. The molecule has 2 nitrogen and oxygen atoms in total. The lowest BCUT2D eigenvalue weighted by Gasteiger charge is -2.09. The minimum atomic E-state index is 0.928. The van der Waals surface area contributed by atoms with Crippen LogP contribution in [0, 0.1) is 13.8 Å². The van der Waals surface area contributed by atoms with E-state index >= 15 is 0 Å². The van der Waals surface area contributed by atoms with Crippen molar-refractivity contribution in [3.05, 3.63) is 53.1 Å². The van der Waals surface area contributed by atoms with Crippen LogP contribution in [0.3, 0.4) is 0 Å². The number of hydrogen-bond acceptors (Lipinski definition) is 1. The molecular formula is C15H20N2. The van der Waals surface area contributed by atoms with E-state index in [-0.39, 0.29) is 0 Å². The van der Waals surface area contributed by atoms with Gasteiger partial charge in [0.05, 0.1) is 0 Å². The molecule has 1 heterocycles. The van der Waals surface area contributed by atoms with Crippen LogP contribution in [0.2, 0.25) is 0 Å². The van der Waals surface area contributed by atoms with Gasteiger partial charge in [-0.2, -0.15) is 0 Å². The largest absolute Gasteiger partial charge is 0.331 e. The third-order valence-electron chi connectivity index (χ3n) is 2.91. The van der Waals surface area contributed by atoms with Crippen LogP contribution in [0.5, 0.6) is 0 Å². The van der Waals surface area contributed by atoms with Gasteiger partial charge in [-0.15, -0.1) is 0 Å². The molecule has 0 atom stereocenters. The summed E-state index contributed by atoms with van der Waals surface area (Å²) in [5, 5.41) is 0. The van der Waals surface area contributed by atoms with E-state index in [9.17, 15) is 0 Å². The van der Waals surface area contributed by atoms with Crippen molar-refractivity contribution in [2.45, 2.75) is 40.2 Å². The molecule has 0 radical (unpaired) electrons. The SMILES string of the molecule is CCCc1nccn1Cc1cc(C)cc(C)c1. The molecule has 1 aromatic carbocycles. The summed E-state index contributed by atoms with van der Waals surface area (Å²) in [7, 11) is 0. The number of nitrogens with zero attached hydrogens (tertiary/aromatic N) is 2. The summed E-state index contributed by atoms with van der Waals surface area (Å²) in [6.07, 6.45) is 6.16. The molecule has 0 spiro atoms.